The third-order valence-corrected chi connectivity index (χ3v) is 1.53. The zero-order valence-corrected chi connectivity index (χ0v) is 6.91. The van der Waals surface area contributed by atoms with Gasteiger partial charge in [0.1, 0.15) is 0 Å². The third kappa shape index (κ3) is 2.11. The second kappa shape index (κ2) is 3.80. The Labute approximate surface area is 74.1 Å². The van der Waals surface area contributed by atoms with Crippen LogP contribution < -0.4 is 0 Å². The van der Waals surface area contributed by atoms with Crippen LogP contribution >= 0.6 is 0 Å². The number of carbonyl (C=O) groups is 2. The quantitative estimate of drug-likeness (QED) is 0.515. The summed E-state index contributed by atoms with van der Waals surface area (Å²) in [5.74, 6) is -0.516. The zero-order chi connectivity index (χ0) is 9.84. The molecule has 0 amide bonds. The molecule has 68 valence electrons. The SMILES string of the molecule is COC(=O)c1ccc(C(=O)F)cc1. The van der Waals surface area contributed by atoms with Crippen LogP contribution in [-0.2, 0) is 4.74 Å². The van der Waals surface area contributed by atoms with Gasteiger partial charge in [0.25, 0.3) is 0 Å². The molecule has 0 fully saturated rings. The first-order chi connectivity index (χ1) is 6.15. The van der Waals surface area contributed by atoms with Crippen molar-refractivity contribution >= 4 is 12.0 Å². The van der Waals surface area contributed by atoms with E-state index in [9.17, 15) is 14.0 Å². The Hall–Kier alpha value is -1.71. The number of benzene rings is 1. The van der Waals surface area contributed by atoms with E-state index in [1.54, 1.807) is 0 Å². The van der Waals surface area contributed by atoms with Crippen LogP contribution in [0.3, 0.4) is 0 Å². The first-order valence-corrected chi connectivity index (χ1v) is 3.53. The highest BCUT2D eigenvalue weighted by Crippen LogP contribution is 2.06. The van der Waals surface area contributed by atoms with Crippen LogP contribution in [0.1, 0.15) is 20.7 Å². The summed E-state index contributed by atoms with van der Waals surface area (Å²) < 4.78 is 16.5. The molecule has 1 rings (SSSR count). The van der Waals surface area contributed by atoms with E-state index < -0.39 is 12.0 Å². The summed E-state index contributed by atoms with van der Waals surface area (Å²) in [6.07, 6.45) is 0. The zero-order valence-electron chi connectivity index (χ0n) is 6.91. The summed E-state index contributed by atoms with van der Waals surface area (Å²) in [6.45, 7) is 0. The van der Waals surface area contributed by atoms with Crippen LogP contribution in [0.5, 0.6) is 0 Å². The van der Waals surface area contributed by atoms with Gasteiger partial charge in [0, 0.05) is 0 Å². The van der Waals surface area contributed by atoms with Crippen molar-refractivity contribution in [2.24, 2.45) is 0 Å². The highest BCUT2D eigenvalue weighted by molar-refractivity contribution is 5.92. The number of hydrogen-bond acceptors (Lipinski definition) is 3. The van der Waals surface area contributed by atoms with Gasteiger partial charge in [-0.15, -0.1) is 0 Å². The van der Waals surface area contributed by atoms with Crippen LogP contribution in [0.2, 0.25) is 0 Å². The third-order valence-electron chi connectivity index (χ3n) is 1.53. The molecule has 0 aliphatic rings. The lowest BCUT2D eigenvalue weighted by atomic mass is 10.1. The van der Waals surface area contributed by atoms with Gasteiger partial charge in [-0.05, 0) is 24.3 Å². The van der Waals surface area contributed by atoms with Crippen molar-refractivity contribution in [2.75, 3.05) is 7.11 Å². The largest absolute Gasteiger partial charge is 0.465 e. The predicted octanol–water partition coefficient (Wildman–Crippen LogP) is 1.58. The van der Waals surface area contributed by atoms with Gasteiger partial charge in [0.2, 0.25) is 0 Å². The van der Waals surface area contributed by atoms with Crippen LogP contribution in [-0.4, -0.2) is 19.1 Å². The molecule has 13 heavy (non-hydrogen) atoms. The molecule has 0 aliphatic carbocycles. The molecule has 0 N–H and O–H groups in total. The second-order valence-electron chi connectivity index (χ2n) is 2.34. The van der Waals surface area contributed by atoms with Crippen LogP contribution in [0.15, 0.2) is 24.3 Å². The molecular weight excluding hydrogens is 175 g/mol. The maximum Gasteiger partial charge on any atom is 0.337 e. The van der Waals surface area contributed by atoms with Gasteiger partial charge in [-0.2, -0.15) is 4.39 Å². The Morgan fingerprint density at radius 1 is 1.15 bits per heavy atom. The molecule has 0 atom stereocenters. The number of halogens is 1. The van der Waals surface area contributed by atoms with E-state index in [0.717, 1.165) is 0 Å². The van der Waals surface area contributed by atoms with Crippen LogP contribution in [0, 0.1) is 0 Å². The van der Waals surface area contributed by atoms with Crippen LogP contribution in [0.25, 0.3) is 0 Å². The molecule has 0 saturated heterocycles. The summed E-state index contributed by atoms with van der Waals surface area (Å²) in [5, 5.41) is 0. The van der Waals surface area contributed by atoms with Crippen molar-refractivity contribution in [3.8, 4) is 0 Å². The van der Waals surface area contributed by atoms with Crippen molar-refractivity contribution in [3.05, 3.63) is 35.4 Å². The van der Waals surface area contributed by atoms with Crippen LogP contribution in [0.4, 0.5) is 4.39 Å². The molecule has 0 saturated carbocycles. The summed E-state index contributed by atoms with van der Waals surface area (Å²) in [4.78, 5) is 21.1. The number of rotatable bonds is 2. The summed E-state index contributed by atoms with van der Waals surface area (Å²) in [6, 6.07) is 3.61. The van der Waals surface area contributed by atoms with E-state index in [1.165, 1.54) is 31.4 Å². The average Bonchev–Trinajstić information content (AvgIpc) is 2.17. The van der Waals surface area contributed by atoms with Gasteiger partial charge >= 0.3 is 12.0 Å². The number of hydrogen-bond donors (Lipinski definition) is 0. The lowest BCUT2D eigenvalue weighted by Gasteiger charge is -1.98. The molecule has 3 nitrogen and oxygen atoms in total. The van der Waals surface area contributed by atoms with Gasteiger partial charge in [-0.3, -0.25) is 4.79 Å². The standard InChI is InChI=1S/C9H7FO3/c1-13-9(12)7-4-2-6(3-5-7)8(10)11/h2-5H,1H3. The van der Waals surface area contributed by atoms with E-state index in [4.69, 9.17) is 0 Å². The molecular formula is C9H7FO3. The minimum Gasteiger partial charge on any atom is -0.465 e. The highest BCUT2D eigenvalue weighted by Gasteiger charge is 2.07. The Bertz CT molecular complexity index is 329. The fraction of sp³-hybridized carbons (Fsp3) is 0.111. The molecule has 0 unspecified atom stereocenters. The average molecular weight is 182 g/mol. The van der Waals surface area contributed by atoms with Crippen molar-refractivity contribution in [3.63, 3.8) is 0 Å². The Balaban J connectivity index is 2.93. The predicted molar refractivity (Wildman–Crippen MR) is 43.2 cm³/mol. The minimum absolute atomic E-state index is 0.0762. The molecule has 0 bridgehead atoms. The Morgan fingerprint density at radius 2 is 1.62 bits per heavy atom. The van der Waals surface area contributed by atoms with Gasteiger partial charge in [-0.25, -0.2) is 4.79 Å². The monoisotopic (exact) mass is 182 g/mol. The smallest absolute Gasteiger partial charge is 0.337 e. The lowest BCUT2D eigenvalue weighted by molar-refractivity contribution is 0.0600. The molecule has 0 heterocycles. The van der Waals surface area contributed by atoms with Gasteiger partial charge in [-0.1, -0.05) is 0 Å². The van der Waals surface area contributed by atoms with E-state index in [2.05, 4.69) is 4.74 Å². The van der Waals surface area contributed by atoms with Crippen molar-refractivity contribution in [1.82, 2.24) is 0 Å². The molecule has 0 aromatic heterocycles. The molecule has 1 aromatic carbocycles. The maximum absolute atomic E-state index is 12.1. The minimum atomic E-state index is -1.52. The first kappa shape index (κ1) is 9.38. The molecule has 0 aliphatic heterocycles. The van der Waals surface area contributed by atoms with Crippen molar-refractivity contribution in [1.29, 1.82) is 0 Å². The fourth-order valence-electron chi connectivity index (χ4n) is 0.855. The summed E-state index contributed by atoms with van der Waals surface area (Å²) in [5.41, 5.74) is 0.208. The Morgan fingerprint density at radius 3 is 2.00 bits per heavy atom. The van der Waals surface area contributed by atoms with Gasteiger partial charge in [0.15, 0.2) is 0 Å². The summed E-state index contributed by atoms with van der Waals surface area (Å²) >= 11 is 0. The normalized spacial score (nSPS) is 9.38. The lowest BCUT2D eigenvalue weighted by Crippen LogP contribution is -2.01. The topological polar surface area (TPSA) is 43.4 Å². The molecule has 4 heteroatoms. The van der Waals surface area contributed by atoms with Gasteiger partial charge in [0.05, 0.1) is 18.2 Å². The Kier molecular flexibility index (Phi) is 2.74. The van der Waals surface area contributed by atoms with E-state index in [0.29, 0.717) is 0 Å². The fourth-order valence-corrected chi connectivity index (χ4v) is 0.855. The molecule has 0 spiro atoms. The van der Waals surface area contributed by atoms with Crippen molar-refractivity contribution < 1.29 is 18.7 Å². The second-order valence-corrected chi connectivity index (χ2v) is 2.34. The maximum atomic E-state index is 12.1. The highest BCUT2D eigenvalue weighted by atomic mass is 19.1. The number of esters is 1. The first-order valence-electron chi connectivity index (χ1n) is 3.53. The molecule has 1 aromatic rings. The van der Waals surface area contributed by atoms with Crippen molar-refractivity contribution in [2.45, 2.75) is 0 Å². The van der Waals surface area contributed by atoms with E-state index in [-0.39, 0.29) is 11.1 Å². The molecule has 0 radical (unpaired) electrons. The van der Waals surface area contributed by atoms with E-state index >= 15 is 0 Å². The number of carbonyl (C=O) groups excluding carboxylic acids is 2. The summed E-state index contributed by atoms with van der Waals surface area (Å²) in [7, 11) is 1.25. The van der Waals surface area contributed by atoms with E-state index in [1.807, 2.05) is 0 Å². The number of ether oxygens (including phenoxy) is 1. The van der Waals surface area contributed by atoms with Gasteiger partial charge < -0.3 is 4.74 Å². The number of methoxy groups -OCH3 is 1.